The summed E-state index contributed by atoms with van der Waals surface area (Å²) in [5, 5.41) is 6.06. The highest BCUT2D eigenvalue weighted by Gasteiger charge is 2.36. The van der Waals surface area contributed by atoms with Crippen LogP contribution in [-0.2, 0) is 9.53 Å². The Morgan fingerprint density at radius 3 is 2.28 bits per heavy atom. The van der Waals surface area contributed by atoms with Crippen molar-refractivity contribution in [3.63, 3.8) is 0 Å². The van der Waals surface area contributed by atoms with E-state index in [0.29, 0.717) is 26.9 Å². The van der Waals surface area contributed by atoms with E-state index in [1.54, 1.807) is 30.3 Å². The fourth-order valence-electron chi connectivity index (χ4n) is 2.73. The number of urea groups is 1. The van der Waals surface area contributed by atoms with Crippen molar-refractivity contribution in [1.82, 2.24) is 10.6 Å². The first-order chi connectivity index (χ1) is 12.0. The fraction of sp³-hybridized carbons (Fsp3) is 0.111. The lowest BCUT2D eigenvalue weighted by atomic mass is 9.92. The monoisotopic (exact) mass is 376 g/mol. The maximum absolute atomic E-state index is 12.5. The maximum atomic E-state index is 12.5. The van der Waals surface area contributed by atoms with Gasteiger partial charge in [0.1, 0.15) is 0 Å². The zero-order valence-electron chi connectivity index (χ0n) is 13.2. The maximum Gasteiger partial charge on any atom is 0.338 e. The second-order valence-electron chi connectivity index (χ2n) is 5.31. The molecule has 5 nitrogen and oxygen atoms in total. The molecule has 0 radical (unpaired) electrons. The molecule has 2 aromatic carbocycles. The molecule has 0 bridgehead atoms. The molecule has 1 unspecified atom stereocenters. The SMILES string of the molecule is COC(=O)C1=C(c2ccccc2)NC(=O)NC1c1c(Cl)cccc1Cl. The van der Waals surface area contributed by atoms with Gasteiger partial charge in [-0.25, -0.2) is 9.59 Å². The second-order valence-corrected chi connectivity index (χ2v) is 6.13. The van der Waals surface area contributed by atoms with E-state index in [9.17, 15) is 9.59 Å². The third-order valence-electron chi connectivity index (χ3n) is 3.83. The lowest BCUT2D eigenvalue weighted by molar-refractivity contribution is -0.136. The molecular weight excluding hydrogens is 363 g/mol. The number of halogens is 2. The number of amides is 2. The molecule has 0 saturated carbocycles. The van der Waals surface area contributed by atoms with Crippen molar-refractivity contribution >= 4 is 40.9 Å². The molecule has 25 heavy (non-hydrogen) atoms. The Morgan fingerprint density at radius 1 is 1.04 bits per heavy atom. The first-order valence-electron chi connectivity index (χ1n) is 7.42. The number of carbonyl (C=O) groups excluding carboxylic acids is 2. The van der Waals surface area contributed by atoms with Gasteiger partial charge < -0.3 is 15.4 Å². The minimum atomic E-state index is -0.836. The minimum Gasteiger partial charge on any atom is -0.466 e. The molecule has 2 amide bonds. The standard InChI is InChI=1S/C18H14Cl2N2O3/c1-25-17(23)14-15(10-6-3-2-4-7-10)21-18(24)22-16(14)13-11(19)8-5-9-12(13)20/h2-9,16H,1H3,(H2,21,22,24). The van der Waals surface area contributed by atoms with Crippen LogP contribution in [0.4, 0.5) is 4.79 Å². The molecule has 0 spiro atoms. The van der Waals surface area contributed by atoms with Gasteiger partial charge in [0.15, 0.2) is 0 Å². The van der Waals surface area contributed by atoms with Crippen molar-refractivity contribution in [2.45, 2.75) is 6.04 Å². The molecule has 1 aliphatic rings. The number of hydrogen-bond donors (Lipinski definition) is 2. The Kier molecular flexibility index (Phi) is 4.97. The third-order valence-corrected chi connectivity index (χ3v) is 4.49. The van der Waals surface area contributed by atoms with Crippen LogP contribution in [0.25, 0.3) is 5.70 Å². The minimum absolute atomic E-state index is 0.225. The van der Waals surface area contributed by atoms with E-state index in [1.807, 2.05) is 18.2 Å². The Hall–Kier alpha value is -2.50. The van der Waals surface area contributed by atoms with E-state index >= 15 is 0 Å². The zero-order chi connectivity index (χ0) is 18.0. The largest absolute Gasteiger partial charge is 0.466 e. The molecule has 0 aliphatic carbocycles. The van der Waals surface area contributed by atoms with Crippen LogP contribution in [0.3, 0.4) is 0 Å². The van der Waals surface area contributed by atoms with Gasteiger partial charge in [-0.1, -0.05) is 59.6 Å². The van der Waals surface area contributed by atoms with Crippen molar-refractivity contribution in [1.29, 1.82) is 0 Å². The van der Waals surface area contributed by atoms with Gasteiger partial charge in [-0.05, 0) is 17.7 Å². The van der Waals surface area contributed by atoms with Crippen LogP contribution in [0.15, 0.2) is 54.1 Å². The van der Waals surface area contributed by atoms with E-state index in [1.165, 1.54) is 7.11 Å². The molecule has 1 aliphatic heterocycles. The Balaban J connectivity index is 2.26. The van der Waals surface area contributed by atoms with E-state index in [4.69, 9.17) is 27.9 Å². The van der Waals surface area contributed by atoms with Crippen LogP contribution >= 0.6 is 23.2 Å². The molecule has 1 atom stereocenters. The van der Waals surface area contributed by atoms with Gasteiger partial charge in [0.2, 0.25) is 0 Å². The number of esters is 1. The highest BCUT2D eigenvalue weighted by Crippen LogP contribution is 2.38. The summed E-state index contributed by atoms with van der Waals surface area (Å²) in [7, 11) is 1.28. The van der Waals surface area contributed by atoms with Crippen molar-refractivity contribution in [2.24, 2.45) is 0 Å². The molecular formula is C18H14Cl2N2O3. The molecule has 2 aromatic rings. The summed E-state index contributed by atoms with van der Waals surface area (Å²) in [6.07, 6.45) is 0. The summed E-state index contributed by atoms with van der Waals surface area (Å²) in [5.41, 5.74) is 1.70. The van der Waals surface area contributed by atoms with Crippen LogP contribution in [0, 0.1) is 0 Å². The molecule has 7 heteroatoms. The second kappa shape index (κ2) is 7.17. The number of rotatable bonds is 3. The van der Waals surface area contributed by atoms with E-state index in [2.05, 4.69) is 10.6 Å². The molecule has 3 rings (SSSR count). The summed E-state index contributed by atoms with van der Waals surface area (Å²) >= 11 is 12.6. The molecule has 2 N–H and O–H groups in total. The summed E-state index contributed by atoms with van der Waals surface area (Å²) in [4.78, 5) is 24.7. The Labute approximate surface area is 154 Å². The number of nitrogens with one attached hydrogen (secondary N) is 2. The van der Waals surface area contributed by atoms with Gasteiger partial charge >= 0.3 is 12.0 Å². The van der Waals surface area contributed by atoms with Crippen LogP contribution in [0.1, 0.15) is 17.2 Å². The molecule has 0 saturated heterocycles. The van der Waals surface area contributed by atoms with Gasteiger partial charge in [0.05, 0.1) is 24.4 Å². The van der Waals surface area contributed by atoms with Crippen molar-refractivity contribution in [3.05, 3.63) is 75.3 Å². The third kappa shape index (κ3) is 3.34. The van der Waals surface area contributed by atoms with Crippen LogP contribution < -0.4 is 10.6 Å². The highest BCUT2D eigenvalue weighted by atomic mass is 35.5. The van der Waals surface area contributed by atoms with E-state index < -0.39 is 18.0 Å². The topological polar surface area (TPSA) is 67.4 Å². The number of ether oxygens (including phenoxy) is 1. The number of carbonyl (C=O) groups is 2. The van der Waals surface area contributed by atoms with Crippen LogP contribution in [-0.4, -0.2) is 19.1 Å². The lowest BCUT2D eigenvalue weighted by Crippen LogP contribution is -2.45. The lowest BCUT2D eigenvalue weighted by Gasteiger charge is -2.30. The summed E-state index contributed by atoms with van der Waals surface area (Å²) in [6.45, 7) is 0. The number of hydrogen-bond acceptors (Lipinski definition) is 3. The van der Waals surface area contributed by atoms with Gasteiger partial charge in [0, 0.05) is 15.6 Å². The van der Waals surface area contributed by atoms with Crippen LogP contribution in [0.2, 0.25) is 10.0 Å². The van der Waals surface area contributed by atoms with Gasteiger partial charge in [-0.15, -0.1) is 0 Å². The van der Waals surface area contributed by atoms with Crippen molar-refractivity contribution in [2.75, 3.05) is 7.11 Å². The predicted octanol–water partition coefficient (Wildman–Crippen LogP) is 3.93. The first kappa shape index (κ1) is 17.3. The van der Waals surface area contributed by atoms with Gasteiger partial charge in [-0.2, -0.15) is 0 Å². The van der Waals surface area contributed by atoms with Crippen molar-refractivity contribution < 1.29 is 14.3 Å². The average Bonchev–Trinajstić information content (AvgIpc) is 2.61. The molecule has 1 heterocycles. The number of methoxy groups -OCH3 is 1. The quantitative estimate of drug-likeness (QED) is 0.797. The van der Waals surface area contributed by atoms with Gasteiger partial charge in [-0.3, -0.25) is 0 Å². The Bertz CT molecular complexity index is 846. The van der Waals surface area contributed by atoms with E-state index in [-0.39, 0.29) is 5.57 Å². The molecule has 0 aromatic heterocycles. The van der Waals surface area contributed by atoms with E-state index in [0.717, 1.165) is 0 Å². The van der Waals surface area contributed by atoms with Gasteiger partial charge in [0.25, 0.3) is 0 Å². The number of benzene rings is 2. The predicted molar refractivity (Wildman–Crippen MR) is 96.2 cm³/mol. The molecule has 0 fully saturated rings. The average molecular weight is 377 g/mol. The molecule has 128 valence electrons. The summed E-state index contributed by atoms with van der Waals surface area (Å²) in [5.74, 6) is -0.590. The summed E-state index contributed by atoms with van der Waals surface area (Å²) in [6, 6.07) is 12.7. The fourth-order valence-corrected chi connectivity index (χ4v) is 3.35. The normalized spacial score (nSPS) is 16.9. The zero-order valence-corrected chi connectivity index (χ0v) is 14.7. The summed E-state index contributed by atoms with van der Waals surface area (Å²) < 4.78 is 4.93. The van der Waals surface area contributed by atoms with Crippen molar-refractivity contribution in [3.8, 4) is 0 Å². The van der Waals surface area contributed by atoms with Crippen LogP contribution in [0.5, 0.6) is 0 Å². The highest BCUT2D eigenvalue weighted by molar-refractivity contribution is 6.36. The Morgan fingerprint density at radius 2 is 1.68 bits per heavy atom. The smallest absolute Gasteiger partial charge is 0.338 e. The first-order valence-corrected chi connectivity index (χ1v) is 8.18.